The summed E-state index contributed by atoms with van der Waals surface area (Å²) in [6.07, 6.45) is 4.99. The molecule has 1 saturated heterocycles. The molecule has 136 valence electrons. The Kier molecular flexibility index (Phi) is 5.57. The number of halogens is 1. The highest BCUT2D eigenvalue weighted by atomic mass is 35.5. The molecule has 0 atom stereocenters. The van der Waals surface area contributed by atoms with Gasteiger partial charge in [-0.25, -0.2) is 0 Å². The lowest BCUT2D eigenvalue weighted by molar-refractivity contribution is 0.0697. The van der Waals surface area contributed by atoms with E-state index in [1.54, 1.807) is 18.2 Å². The van der Waals surface area contributed by atoms with Crippen LogP contribution in [0.3, 0.4) is 0 Å². The Morgan fingerprint density at radius 2 is 1.85 bits per heavy atom. The zero-order valence-corrected chi connectivity index (χ0v) is 15.7. The van der Waals surface area contributed by atoms with Crippen molar-refractivity contribution in [3.63, 3.8) is 0 Å². The van der Waals surface area contributed by atoms with Crippen LogP contribution in [0.1, 0.15) is 46.0 Å². The fraction of sp³-hybridized carbons (Fsp3) is 0.350. The molecule has 1 fully saturated rings. The lowest BCUT2D eigenvalue weighted by Crippen LogP contribution is -2.38. The number of piperidine rings is 1. The van der Waals surface area contributed by atoms with Crippen molar-refractivity contribution in [3.05, 3.63) is 58.4 Å². The third-order valence-electron chi connectivity index (χ3n) is 4.77. The van der Waals surface area contributed by atoms with E-state index in [4.69, 9.17) is 11.6 Å². The molecule has 26 heavy (non-hydrogen) atoms. The van der Waals surface area contributed by atoms with Crippen LogP contribution < -0.4 is 5.32 Å². The minimum atomic E-state index is -0.315. The Morgan fingerprint density at radius 1 is 1.15 bits per heavy atom. The van der Waals surface area contributed by atoms with Crippen LogP contribution in [0, 0.1) is 12.8 Å². The van der Waals surface area contributed by atoms with E-state index >= 15 is 0 Å². The number of rotatable bonds is 3. The van der Waals surface area contributed by atoms with E-state index in [1.165, 1.54) is 12.4 Å². The summed E-state index contributed by atoms with van der Waals surface area (Å²) in [7, 11) is 0. The van der Waals surface area contributed by atoms with Gasteiger partial charge in [0.2, 0.25) is 0 Å². The first-order chi connectivity index (χ1) is 12.4. The molecule has 1 N–H and O–H groups in total. The first-order valence-corrected chi connectivity index (χ1v) is 9.13. The number of nitrogens with one attached hydrogen (secondary N) is 1. The molecular weight excluding hydrogens is 350 g/mol. The fourth-order valence-electron chi connectivity index (χ4n) is 3.00. The Balaban J connectivity index is 1.75. The van der Waals surface area contributed by atoms with Gasteiger partial charge in [0.05, 0.1) is 11.1 Å². The molecule has 2 amide bonds. The molecule has 1 aliphatic rings. The number of carbonyl (C=O) groups excluding carboxylic acids is 2. The van der Waals surface area contributed by atoms with Crippen molar-refractivity contribution in [2.75, 3.05) is 18.4 Å². The predicted octanol–water partition coefficient (Wildman–Crippen LogP) is 4.17. The molecule has 0 saturated carbocycles. The average Bonchev–Trinajstić information content (AvgIpc) is 2.65. The van der Waals surface area contributed by atoms with E-state index in [-0.39, 0.29) is 11.8 Å². The van der Waals surface area contributed by atoms with Gasteiger partial charge in [-0.1, -0.05) is 24.6 Å². The first kappa shape index (κ1) is 18.4. The van der Waals surface area contributed by atoms with Crippen molar-refractivity contribution in [2.45, 2.75) is 26.7 Å². The summed E-state index contributed by atoms with van der Waals surface area (Å²) in [5.41, 5.74) is 2.34. The molecule has 0 unspecified atom stereocenters. The average molecular weight is 372 g/mol. The first-order valence-electron chi connectivity index (χ1n) is 8.76. The van der Waals surface area contributed by atoms with Crippen LogP contribution in [0.5, 0.6) is 0 Å². The molecule has 1 aromatic carbocycles. The standard InChI is InChI=1S/C20H22ClN3O2/c1-13-5-7-24(8-6-13)20(26)16-9-15(11-22-12-16)19(25)23-18-10-17(21)4-3-14(18)2/h3-4,9-13H,5-8H2,1-2H3,(H,23,25). The number of aryl methyl sites for hydroxylation is 1. The topological polar surface area (TPSA) is 62.3 Å². The molecule has 1 aromatic heterocycles. The fourth-order valence-corrected chi connectivity index (χ4v) is 3.17. The van der Waals surface area contributed by atoms with E-state index in [2.05, 4.69) is 17.2 Å². The third kappa shape index (κ3) is 4.22. The third-order valence-corrected chi connectivity index (χ3v) is 5.00. The number of aromatic nitrogens is 1. The molecule has 0 radical (unpaired) electrons. The molecule has 2 aromatic rings. The smallest absolute Gasteiger partial charge is 0.257 e. The normalized spacial score (nSPS) is 15.0. The van der Waals surface area contributed by atoms with Gasteiger partial charge >= 0.3 is 0 Å². The van der Waals surface area contributed by atoms with Gasteiger partial charge in [-0.15, -0.1) is 0 Å². The summed E-state index contributed by atoms with van der Waals surface area (Å²) in [6, 6.07) is 6.91. The summed E-state index contributed by atoms with van der Waals surface area (Å²) in [5.74, 6) is 0.262. The van der Waals surface area contributed by atoms with Gasteiger partial charge < -0.3 is 10.2 Å². The second-order valence-corrected chi connectivity index (χ2v) is 7.29. The zero-order chi connectivity index (χ0) is 18.7. The van der Waals surface area contributed by atoms with Gasteiger partial charge in [-0.05, 0) is 49.4 Å². The molecule has 1 aliphatic heterocycles. The summed E-state index contributed by atoms with van der Waals surface area (Å²) in [5, 5.41) is 3.38. The number of benzene rings is 1. The number of hydrogen-bond acceptors (Lipinski definition) is 3. The lowest BCUT2D eigenvalue weighted by atomic mass is 9.98. The lowest BCUT2D eigenvalue weighted by Gasteiger charge is -2.30. The Labute approximate surface area is 158 Å². The van der Waals surface area contributed by atoms with Gasteiger partial charge in [0.15, 0.2) is 0 Å². The van der Waals surface area contributed by atoms with Crippen molar-refractivity contribution in [2.24, 2.45) is 5.92 Å². The maximum atomic E-state index is 12.7. The second kappa shape index (κ2) is 7.87. The monoisotopic (exact) mass is 371 g/mol. The minimum absolute atomic E-state index is 0.0713. The van der Waals surface area contributed by atoms with Crippen LogP contribution in [0.4, 0.5) is 5.69 Å². The van der Waals surface area contributed by atoms with Gasteiger partial charge in [0.25, 0.3) is 11.8 Å². The summed E-state index contributed by atoms with van der Waals surface area (Å²) >= 11 is 6.00. The quantitative estimate of drug-likeness (QED) is 0.880. The number of nitrogens with zero attached hydrogens (tertiary/aromatic N) is 2. The Hall–Kier alpha value is -2.40. The highest BCUT2D eigenvalue weighted by Crippen LogP contribution is 2.21. The number of hydrogen-bond donors (Lipinski definition) is 1. The van der Waals surface area contributed by atoms with Gasteiger partial charge in [-0.3, -0.25) is 14.6 Å². The summed E-state index contributed by atoms with van der Waals surface area (Å²) in [6.45, 7) is 5.59. The largest absolute Gasteiger partial charge is 0.339 e. The van der Waals surface area contributed by atoms with Crippen LogP contribution in [0.15, 0.2) is 36.7 Å². The van der Waals surface area contributed by atoms with Crippen LogP contribution >= 0.6 is 11.6 Å². The number of anilines is 1. The van der Waals surface area contributed by atoms with E-state index in [1.807, 2.05) is 17.9 Å². The molecule has 5 nitrogen and oxygen atoms in total. The minimum Gasteiger partial charge on any atom is -0.339 e. The van der Waals surface area contributed by atoms with Crippen LogP contribution in [0.25, 0.3) is 0 Å². The van der Waals surface area contributed by atoms with Gasteiger partial charge in [0, 0.05) is 36.2 Å². The van der Waals surface area contributed by atoms with Crippen LogP contribution in [0.2, 0.25) is 5.02 Å². The van der Waals surface area contributed by atoms with E-state index in [9.17, 15) is 9.59 Å². The van der Waals surface area contributed by atoms with Crippen molar-refractivity contribution < 1.29 is 9.59 Å². The van der Waals surface area contributed by atoms with E-state index in [0.29, 0.717) is 27.8 Å². The maximum Gasteiger partial charge on any atom is 0.257 e. The molecular formula is C20H22ClN3O2. The molecule has 3 rings (SSSR count). The van der Waals surface area contributed by atoms with E-state index in [0.717, 1.165) is 31.5 Å². The van der Waals surface area contributed by atoms with E-state index < -0.39 is 0 Å². The van der Waals surface area contributed by atoms with Gasteiger partial charge in [0.1, 0.15) is 0 Å². The zero-order valence-electron chi connectivity index (χ0n) is 15.0. The summed E-state index contributed by atoms with van der Waals surface area (Å²) < 4.78 is 0. The molecule has 6 heteroatoms. The van der Waals surface area contributed by atoms with Crippen LogP contribution in [-0.2, 0) is 0 Å². The van der Waals surface area contributed by atoms with Crippen LogP contribution in [-0.4, -0.2) is 34.8 Å². The SMILES string of the molecule is Cc1ccc(Cl)cc1NC(=O)c1cncc(C(=O)N2CCC(C)CC2)c1. The number of carbonyl (C=O) groups is 2. The molecule has 0 spiro atoms. The highest BCUT2D eigenvalue weighted by molar-refractivity contribution is 6.31. The Morgan fingerprint density at radius 3 is 2.58 bits per heavy atom. The molecule has 0 bridgehead atoms. The predicted molar refractivity (Wildman–Crippen MR) is 103 cm³/mol. The van der Waals surface area contributed by atoms with Crippen molar-refractivity contribution >= 4 is 29.1 Å². The van der Waals surface area contributed by atoms with Crippen molar-refractivity contribution in [3.8, 4) is 0 Å². The highest BCUT2D eigenvalue weighted by Gasteiger charge is 2.22. The second-order valence-electron chi connectivity index (χ2n) is 6.85. The van der Waals surface area contributed by atoms with Crippen molar-refractivity contribution in [1.29, 1.82) is 0 Å². The number of amides is 2. The number of pyridine rings is 1. The maximum absolute atomic E-state index is 12.7. The molecule has 2 heterocycles. The summed E-state index contributed by atoms with van der Waals surface area (Å²) in [4.78, 5) is 31.1. The number of likely N-dealkylation sites (tertiary alicyclic amines) is 1. The van der Waals surface area contributed by atoms with Gasteiger partial charge in [-0.2, -0.15) is 0 Å². The van der Waals surface area contributed by atoms with Crippen molar-refractivity contribution in [1.82, 2.24) is 9.88 Å². The molecule has 0 aliphatic carbocycles. The Bertz CT molecular complexity index is 830.